The Hall–Kier alpha value is -1.22. The Morgan fingerprint density at radius 1 is 1.57 bits per heavy atom. The molecule has 0 amide bonds. The second-order valence-corrected chi connectivity index (χ2v) is 3.50. The molecule has 1 rings (SSSR count). The van der Waals surface area contributed by atoms with Crippen LogP contribution in [0.4, 0.5) is 0 Å². The van der Waals surface area contributed by atoms with Crippen LogP contribution in [-0.4, -0.2) is 11.9 Å². The van der Waals surface area contributed by atoms with Gasteiger partial charge in [-0.1, -0.05) is 23.7 Å². The van der Waals surface area contributed by atoms with Crippen molar-refractivity contribution < 1.29 is 4.74 Å². The number of benzene rings is 1. The molecule has 3 nitrogen and oxygen atoms in total. The van der Waals surface area contributed by atoms with Crippen LogP contribution in [0.5, 0.6) is 5.75 Å². The van der Waals surface area contributed by atoms with Crippen LogP contribution in [0.1, 0.15) is 13.3 Å². The van der Waals surface area contributed by atoms with Crippen molar-refractivity contribution in [2.45, 2.75) is 19.4 Å². The van der Waals surface area contributed by atoms with Crippen LogP contribution in [0.3, 0.4) is 0 Å². The molecular weight excluding hydrogens is 200 g/mol. The molecule has 0 spiro atoms. The van der Waals surface area contributed by atoms with Crippen molar-refractivity contribution >= 4 is 17.4 Å². The van der Waals surface area contributed by atoms with Crippen LogP contribution >= 0.6 is 11.6 Å². The molecule has 1 aromatic carbocycles. The largest absolute Gasteiger partial charge is 0.489 e. The van der Waals surface area contributed by atoms with Crippen LogP contribution in [0.15, 0.2) is 24.3 Å². The Bertz CT molecular complexity index is 328. The van der Waals surface area contributed by atoms with E-state index in [0.29, 0.717) is 17.2 Å². The third-order valence-corrected chi connectivity index (χ3v) is 1.98. The summed E-state index contributed by atoms with van der Waals surface area (Å²) in [5.74, 6) is 0.743. The number of amidine groups is 1. The van der Waals surface area contributed by atoms with Crippen molar-refractivity contribution in [1.82, 2.24) is 0 Å². The quantitative estimate of drug-likeness (QED) is 0.595. The lowest BCUT2D eigenvalue weighted by atomic mass is 10.2. The lowest BCUT2D eigenvalue weighted by Crippen LogP contribution is -2.21. The molecule has 0 saturated heterocycles. The molecule has 0 fully saturated rings. The highest BCUT2D eigenvalue weighted by molar-refractivity contribution is 6.32. The first-order valence-electron chi connectivity index (χ1n) is 4.33. The van der Waals surface area contributed by atoms with E-state index in [1.165, 1.54) is 0 Å². The van der Waals surface area contributed by atoms with E-state index in [9.17, 15) is 0 Å². The van der Waals surface area contributed by atoms with Gasteiger partial charge in [-0.3, -0.25) is 5.41 Å². The van der Waals surface area contributed by atoms with E-state index >= 15 is 0 Å². The molecule has 0 aliphatic heterocycles. The molecule has 0 radical (unpaired) electrons. The maximum absolute atomic E-state index is 7.11. The smallest absolute Gasteiger partial charge is 0.138 e. The van der Waals surface area contributed by atoms with Gasteiger partial charge in [0.2, 0.25) is 0 Å². The molecule has 1 unspecified atom stereocenters. The van der Waals surface area contributed by atoms with Crippen LogP contribution in [0.25, 0.3) is 0 Å². The topological polar surface area (TPSA) is 59.1 Å². The van der Waals surface area contributed by atoms with Gasteiger partial charge in [-0.15, -0.1) is 0 Å². The number of hydrogen-bond acceptors (Lipinski definition) is 2. The molecule has 1 aromatic rings. The molecular formula is C10H13ClN2O. The highest BCUT2D eigenvalue weighted by atomic mass is 35.5. The van der Waals surface area contributed by atoms with Gasteiger partial charge >= 0.3 is 0 Å². The fraction of sp³-hybridized carbons (Fsp3) is 0.300. The summed E-state index contributed by atoms with van der Waals surface area (Å²) in [6.45, 7) is 1.85. The van der Waals surface area contributed by atoms with Crippen molar-refractivity contribution in [3.63, 3.8) is 0 Å². The maximum atomic E-state index is 7.11. The van der Waals surface area contributed by atoms with Gasteiger partial charge in [-0.25, -0.2) is 0 Å². The highest BCUT2D eigenvalue weighted by Crippen LogP contribution is 2.24. The van der Waals surface area contributed by atoms with E-state index in [0.717, 1.165) is 0 Å². The molecule has 4 heteroatoms. The minimum atomic E-state index is -0.132. The number of para-hydroxylation sites is 1. The Kier molecular flexibility index (Phi) is 3.77. The summed E-state index contributed by atoms with van der Waals surface area (Å²) in [5.41, 5.74) is 5.26. The van der Waals surface area contributed by atoms with Crippen LogP contribution in [-0.2, 0) is 0 Å². The summed E-state index contributed by atoms with van der Waals surface area (Å²) in [6, 6.07) is 7.24. The van der Waals surface area contributed by atoms with Gasteiger partial charge in [0.25, 0.3) is 0 Å². The second kappa shape index (κ2) is 4.86. The van der Waals surface area contributed by atoms with Gasteiger partial charge in [0.05, 0.1) is 10.9 Å². The lowest BCUT2D eigenvalue weighted by molar-refractivity contribution is 0.229. The van der Waals surface area contributed by atoms with E-state index in [2.05, 4.69) is 0 Å². The standard InChI is InChI=1S/C10H13ClN2O/c1-7(6-10(12)13)14-9-5-3-2-4-8(9)11/h2-5,7H,6H2,1H3,(H3,12,13). The molecule has 0 heterocycles. The minimum Gasteiger partial charge on any atom is -0.489 e. The molecule has 0 aliphatic rings. The zero-order chi connectivity index (χ0) is 10.6. The second-order valence-electron chi connectivity index (χ2n) is 3.09. The Morgan fingerprint density at radius 3 is 2.79 bits per heavy atom. The van der Waals surface area contributed by atoms with E-state index < -0.39 is 0 Å². The lowest BCUT2D eigenvalue weighted by Gasteiger charge is -2.14. The van der Waals surface area contributed by atoms with E-state index in [4.69, 9.17) is 27.5 Å². The Labute approximate surface area is 88.3 Å². The van der Waals surface area contributed by atoms with Crippen LogP contribution in [0.2, 0.25) is 5.02 Å². The zero-order valence-electron chi connectivity index (χ0n) is 7.96. The van der Waals surface area contributed by atoms with Crippen LogP contribution < -0.4 is 10.5 Å². The summed E-state index contributed by atoms with van der Waals surface area (Å²) >= 11 is 5.89. The summed E-state index contributed by atoms with van der Waals surface area (Å²) in [6.07, 6.45) is 0.276. The maximum Gasteiger partial charge on any atom is 0.138 e. The van der Waals surface area contributed by atoms with Crippen molar-refractivity contribution in [2.24, 2.45) is 5.73 Å². The number of ether oxygens (including phenoxy) is 1. The van der Waals surface area contributed by atoms with Gasteiger partial charge in [0.15, 0.2) is 0 Å². The normalized spacial score (nSPS) is 12.1. The summed E-state index contributed by atoms with van der Waals surface area (Å²) in [7, 11) is 0. The first kappa shape index (κ1) is 10.9. The SMILES string of the molecule is CC(CC(=N)N)Oc1ccccc1Cl. The first-order valence-corrected chi connectivity index (χ1v) is 4.71. The average molecular weight is 213 g/mol. The number of nitrogens with two attached hydrogens (primary N) is 1. The van der Waals surface area contributed by atoms with Gasteiger partial charge in [-0.05, 0) is 19.1 Å². The molecule has 3 N–H and O–H groups in total. The number of nitrogens with one attached hydrogen (secondary N) is 1. The van der Waals surface area contributed by atoms with Crippen LogP contribution in [0, 0.1) is 5.41 Å². The fourth-order valence-electron chi connectivity index (χ4n) is 1.11. The monoisotopic (exact) mass is 212 g/mol. The first-order chi connectivity index (χ1) is 6.59. The third-order valence-electron chi connectivity index (χ3n) is 1.67. The predicted molar refractivity (Wildman–Crippen MR) is 58.1 cm³/mol. The van der Waals surface area contributed by atoms with Gasteiger partial charge in [0, 0.05) is 6.42 Å². The van der Waals surface area contributed by atoms with E-state index in [-0.39, 0.29) is 11.9 Å². The molecule has 0 aliphatic carbocycles. The minimum absolute atomic E-state index is 0.115. The van der Waals surface area contributed by atoms with Crippen molar-refractivity contribution in [2.75, 3.05) is 0 Å². The molecule has 0 aromatic heterocycles. The van der Waals surface area contributed by atoms with Crippen molar-refractivity contribution in [3.8, 4) is 5.75 Å². The summed E-state index contributed by atoms with van der Waals surface area (Å²) in [4.78, 5) is 0. The summed E-state index contributed by atoms with van der Waals surface area (Å²) in [5, 5.41) is 7.68. The Morgan fingerprint density at radius 2 is 2.21 bits per heavy atom. The molecule has 76 valence electrons. The molecule has 0 saturated carbocycles. The highest BCUT2D eigenvalue weighted by Gasteiger charge is 2.07. The average Bonchev–Trinajstić information content (AvgIpc) is 2.07. The van der Waals surface area contributed by atoms with Crippen molar-refractivity contribution in [3.05, 3.63) is 29.3 Å². The number of halogens is 1. The van der Waals surface area contributed by atoms with E-state index in [1.807, 2.05) is 19.1 Å². The van der Waals surface area contributed by atoms with Crippen molar-refractivity contribution in [1.29, 1.82) is 5.41 Å². The summed E-state index contributed by atoms with van der Waals surface area (Å²) < 4.78 is 5.50. The fourth-order valence-corrected chi connectivity index (χ4v) is 1.29. The Balaban J connectivity index is 2.60. The van der Waals surface area contributed by atoms with Gasteiger partial charge in [0.1, 0.15) is 11.9 Å². The third kappa shape index (κ3) is 3.26. The number of rotatable bonds is 4. The zero-order valence-corrected chi connectivity index (χ0v) is 8.71. The van der Waals surface area contributed by atoms with Gasteiger partial charge < -0.3 is 10.5 Å². The predicted octanol–water partition coefficient (Wildman–Crippen LogP) is 2.43. The molecule has 14 heavy (non-hydrogen) atoms. The van der Waals surface area contributed by atoms with E-state index in [1.54, 1.807) is 12.1 Å². The van der Waals surface area contributed by atoms with Gasteiger partial charge in [-0.2, -0.15) is 0 Å². The molecule has 1 atom stereocenters. The molecule has 0 bridgehead atoms. The number of hydrogen-bond donors (Lipinski definition) is 2.